The van der Waals surface area contributed by atoms with Crippen LogP contribution in [0.3, 0.4) is 0 Å². The summed E-state index contributed by atoms with van der Waals surface area (Å²) in [6.07, 6.45) is 5.03. The summed E-state index contributed by atoms with van der Waals surface area (Å²) >= 11 is 6.21. The minimum absolute atomic E-state index is 0.218. The van der Waals surface area contributed by atoms with Gasteiger partial charge in [0.25, 0.3) is 0 Å². The molecule has 1 amide bonds. The van der Waals surface area contributed by atoms with Crippen molar-refractivity contribution in [3.8, 4) is 0 Å². The van der Waals surface area contributed by atoms with Crippen molar-refractivity contribution in [2.75, 3.05) is 37.3 Å². The molecule has 0 radical (unpaired) electrons. The molecule has 6 nitrogen and oxygen atoms in total. The van der Waals surface area contributed by atoms with E-state index in [0.29, 0.717) is 17.5 Å². The first-order valence-corrected chi connectivity index (χ1v) is 12.9. The van der Waals surface area contributed by atoms with Crippen molar-refractivity contribution in [2.45, 2.75) is 57.0 Å². The van der Waals surface area contributed by atoms with Crippen molar-refractivity contribution in [1.82, 2.24) is 4.90 Å². The Hall–Kier alpha value is -1.47. The smallest absolute Gasteiger partial charge is 0.410 e. The molecule has 0 saturated carbocycles. The minimum Gasteiger partial charge on any atom is -0.444 e. The van der Waals surface area contributed by atoms with Gasteiger partial charge in [0.2, 0.25) is 0 Å². The van der Waals surface area contributed by atoms with Gasteiger partial charge >= 0.3 is 6.09 Å². The molecule has 0 atom stereocenters. The van der Waals surface area contributed by atoms with Gasteiger partial charge in [-0.25, -0.2) is 13.2 Å². The zero-order valence-electron chi connectivity index (χ0n) is 18.4. The van der Waals surface area contributed by atoms with E-state index >= 15 is 0 Å². The highest BCUT2D eigenvalue weighted by Gasteiger charge is 2.33. The van der Waals surface area contributed by atoms with Crippen LogP contribution in [0.2, 0.25) is 5.02 Å². The molecule has 2 fully saturated rings. The Kier molecular flexibility index (Phi) is 6.92. The third kappa shape index (κ3) is 5.61. The lowest BCUT2D eigenvalue weighted by molar-refractivity contribution is 0.0152. The molecule has 0 unspecified atom stereocenters. The SMILES string of the molecule is CC(C)(C)OC(=O)N1CCC(C2CCN(c3cccc(Cl)c3S(C)(=O)=O)CC2)CC1. The van der Waals surface area contributed by atoms with Crippen molar-refractivity contribution >= 4 is 33.2 Å². The standard InChI is InChI=1S/C22H33ClN2O4S/c1-22(2,3)29-21(26)25-14-10-17(11-15-25)16-8-12-24(13-9-16)19-7-5-6-18(23)20(19)30(4,27)28/h5-7,16-17H,8-15H2,1-4H3. The zero-order valence-corrected chi connectivity index (χ0v) is 19.9. The molecule has 0 aromatic heterocycles. The number of nitrogens with zero attached hydrogens (tertiary/aromatic N) is 2. The van der Waals surface area contributed by atoms with Gasteiger partial charge in [-0.1, -0.05) is 17.7 Å². The summed E-state index contributed by atoms with van der Waals surface area (Å²) in [5.74, 6) is 1.20. The second-order valence-corrected chi connectivity index (χ2v) is 11.8. The van der Waals surface area contributed by atoms with E-state index in [-0.39, 0.29) is 16.0 Å². The molecule has 1 aromatic rings. The van der Waals surface area contributed by atoms with E-state index in [0.717, 1.165) is 51.9 Å². The van der Waals surface area contributed by atoms with Gasteiger partial charge in [0.15, 0.2) is 9.84 Å². The fraction of sp³-hybridized carbons (Fsp3) is 0.682. The number of halogens is 1. The van der Waals surface area contributed by atoms with Gasteiger partial charge in [0.1, 0.15) is 10.5 Å². The fourth-order valence-corrected chi connectivity index (χ4v) is 6.19. The summed E-state index contributed by atoms with van der Waals surface area (Å²) in [5, 5.41) is 0.284. The first-order valence-electron chi connectivity index (χ1n) is 10.7. The van der Waals surface area contributed by atoms with Crippen LogP contribution in [0.15, 0.2) is 23.1 Å². The molecule has 2 heterocycles. The third-order valence-electron chi connectivity index (χ3n) is 6.06. The van der Waals surface area contributed by atoms with E-state index in [1.165, 1.54) is 6.26 Å². The van der Waals surface area contributed by atoms with Crippen molar-refractivity contribution in [3.63, 3.8) is 0 Å². The zero-order chi connectivity index (χ0) is 22.1. The van der Waals surface area contributed by atoms with Gasteiger partial charge in [0, 0.05) is 32.4 Å². The van der Waals surface area contributed by atoms with E-state index in [1.807, 2.05) is 37.8 Å². The van der Waals surface area contributed by atoms with Gasteiger partial charge < -0.3 is 14.5 Å². The Balaban J connectivity index is 1.57. The number of anilines is 1. The number of sulfone groups is 1. The molecule has 0 N–H and O–H groups in total. The number of carbonyl (C=O) groups is 1. The molecule has 0 spiro atoms. The van der Waals surface area contributed by atoms with Crippen LogP contribution in [0.25, 0.3) is 0 Å². The molecule has 8 heteroatoms. The molecule has 0 bridgehead atoms. The number of benzene rings is 1. The number of amides is 1. The number of ether oxygens (including phenoxy) is 1. The maximum Gasteiger partial charge on any atom is 0.410 e. The fourth-order valence-electron chi connectivity index (χ4n) is 4.61. The maximum absolute atomic E-state index is 12.3. The quantitative estimate of drug-likeness (QED) is 0.664. The van der Waals surface area contributed by atoms with Gasteiger partial charge in [-0.2, -0.15) is 0 Å². The van der Waals surface area contributed by atoms with Gasteiger partial charge in [-0.15, -0.1) is 0 Å². The molecule has 168 valence electrons. The predicted molar refractivity (Wildman–Crippen MR) is 120 cm³/mol. The monoisotopic (exact) mass is 456 g/mol. The van der Waals surface area contributed by atoms with Crippen LogP contribution < -0.4 is 4.90 Å². The summed E-state index contributed by atoms with van der Waals surface area (Å²) in [6.45, 7) is 8.79. The first kappa shape index (κ1) is 23.2. The van der Waals surface area contributed by atoms with Crippen LogP contribution in [0.4, 0.5) is 10.5 Å². The van der Waals surface area contributed by atoms with E-state index in [9.17, 15) is 13.2 Å². The number of rotatable bonds is 3. The van der Waals surface area contributed by atoms with Crippen molar-refractivity contribution in [3.05, 3.63) is 23.2 Å². The van der Waals surface area contributed by atoms with Crippen LogP contribution in [0, 0.1) is 11.8 Å². The molecule has 2 aliphatic heterocycles. The minimum atomic E-state index is -3.40. The molecule has 1 aromatic carbocycles. The predicted octanol–water partition coefficient (Wildman–Crippen LogP) is 4.61. The van der Waals surface area contributed by atoms with Crippen molar-refractivity contribution < 1.29 is 17.9 Å². The highest BCUT2D eigenvalue weighted by Crippen LogP contribution is 2.37. The Labute approximate surface area is 185 Å². The van der Waals surface area contributed by atoms with Crippen LogP contribution in [0.1, 0.15) is 46.5 Å². The number of carbonyl (C=O) groups excluding carboxylic acids is 1. The van der Waals surface area contributed by atoms with Crippen molar-refractivity contribution in [2.24, 2.45) is 11.8 Å². The maximum atomic E-state index is 12.3. The Morgan fingerprint density at radius 3 is 2.07 bits per heavy atom. The lowest BCUT2D eigenvalue weighted by Crippen LogP contribution is -2.44. The average Bonchev–Trinajstić information content (AvgIpc) is 2.66. The molecule has 2 saturated heterocycles. The number of likely N-dealkylation sites (tertiary alicyclic amines) is 1. The Bertz CT molecular complexity index is 866. The number of hydrogen-bond donors (Lipinski definition) is 0. The van der Waals surface area contributed by atoms with E-state index < -0.39 is 15.4 Å². The molecule has 30 heavy (non-hydrogen) atoms. The Morgan fingerprint density at radius 1 is 1.03 bits per heavy atom. The van der Waals surface area contributed by atoms with E-state index in [4.69, 9.17) is 16.3 Å². The molecular formula is C22H33ClN2O4S. The topological polar surface area (TPSA) is 66.9 Å². The molecule has 2 aliphatic rings. The first-order chi connectivity index (χ1) is 14.0. The highest BCUT2D eigenvalue weighted by atomic mass is 35.5. The van der Waals surface area contributed by atoms with Crippen molar-refractivity contribution in [1.29, 1.82) is 0 Å². The van der Waals surface area contributed by atoms with Gasteiger partial charge in [0.05, 0.1) is 10.7 Å². The summed E-state index contributed by atoms with van der Waals surface area (Å²) in [7, 11) is -3.40. The lowest BCUT2D eigenvalue weighted by atomic mass is 9.79. The average molecular weight is 457 g/mol. The summed E-state index contributed by atoms with van der Waals surface area (Å²) in [6, 6.07) is 5.29. The number of piperidine rings is 2. The second-order valence-electron chi connectivity index (χ2n) is 9.49. The second kappa shape index (κ2) is 8.95. The molecular weight excluding hydrogens is 424 g/mol. The lowest BCUT2D eigenvalue weighted by Gasteiger charge is -2.41. The van der Waals surface area contributed by atoms with E-state index in [2.05, 4.69) is 4.90 Å². The largest absolute Gasteiger partial charge is 0.444 e. The number of hydrogen-bond acceptors (Lipinski definition) is 5. The van der Waals surface area contributed by atoms with Gasteiger partial charge in [-0.05, 0) is 70.4 Å². The molecule has 0 aliphatic carbocycles. The third-order valence-corrected chi connectivity index (χ3v) is 7.65. The van der Waals surface area contributed by atoms with Crippen LogP contribution >= 0.6 is 11.6 Å². The summed E-state index contributed by atoms with van der Waals surface area (Å²) in [4.78, 5) is 16.5. The molecule has 3 rings (SSSR count). The normalized spacial score (nSPS) is 19.8. The Morgan fingerprint density at radius 2 is 1.57 bits per heavy atom. The highest BCUT2D eigenvalue weighted by molar-refractivity contribution is 7.91. The van der Waals surface area contributed by atoms with Crippen LogP contribution in [-0.2, 0) is 14.6 Å². The van der Waals surface area contributed by atoms with E-state index in [1.54, 1.807) is 6.07 Å². The summed E-state index contributed by atoms with van der Waals surface area (Å²) in [5.41, 5.74) is 0.245. The van der Waals surface area contributed by atoms with Crippen LogP contribution in [-0.4, -0.2) is 57.4 Å². The van der Waals surface area contributed by atoms with Gasteiger partial charge in [-0.3, -0.25) is 0 Å². The summed E-state index contributed by atoms with van der Waals surface area (Å²) < 4.78 is 30.0. The van der Waals surface area contributed by atoms with Crippen LogP contribution in [0.5, 0.6) is 0 Å².